The van der Waals surface area contributed by atoms with E-state index in [-0.39, 0.29) is 17.9 Å². The van der Waals surface area contributed by atoms with Crippen LogP contribution in [0.15, 0.2) is 24.3 Å². The lowest BCUT2D eigenvalue weighted by Crippen LogP contribution is -2.51. The number of hydrogen-bond donors (Lipinski definition) is 2. The Hall–Kier alpha value is -1.66. The van der Waals surface area contributed by atoms with Gasteiger partial charge >= 0.3 is 6.03 Å². The van der Waals surface area contributed by atoms with E-state index in [1.165, 1.54) is 37.7 Å². The first-order valence-corrected chi connectivity index (χ1v) is 11.1. The standard InChI is InChI=1S/C23H36FN3O2/c1-29-14-12-25-23(28)26-22-7-3-2-6-20(22)17-27-13-4-5-19(16-27)15-18-8-10-21(24)11-9-18/h8-11,19-20,22H,2-7,12-17H2,1H3,(H2,25,26,28)/t19-,20-,22+/m0/s1. The number of halogens is 1. The molecule has 0 unspecified atom stereocenters. The van der Waals surface area contributed by atoms with Crippen molar-refractivity contribution in [2.24, 2.45) is 11.8 Å². The first-order chi connectivity index (χ1) is 14.1. The molecule has 2 fully saturated rings. The molecule has 6 heteroatoms. The first-order valence-electron chi connectivity index (χ1n) is 11.1. The number of likely N-dealkylation sites (tertiary alicyclic amines) is 1. The van der Waals surface area contributed by atoms with Crippen molar-refractivity contribution in [1.29, 1.82) is 0 Å². The fourth-order valence-electron chi connectivity index (χ4n) is 4.87. The van der Waals surface area contributed by atoms with E-state index in [1.54, 1.807) is 19.2 Å². The van der Waals surface area contributed by atoms with Gasteiger partial charge in [0.2, 0.25) is 0 Å². The number of rotatable bonds is 8. The topological polar surface area (TPSA) is 53.6 Å². The van der Waals surface area contributed by atoms with Gasteiger partial charge in [0.05, 0.1) is 6.61 Å². The molecule has 0 bridgehead atoms. The summed E-state index contributed by atoms with van der Waals surface area (Å²) in [4.78, 5) is 14.8. The molecule has 1 saturated carbocycles. The number of piperidine rings is 1. The molecular formula is C23H36FN3O2. The Morgan fingerprint density at radius 1 is 1.17 bits per heavy atom. The molecule has 2 amide bonds. The maximum atomic E-state index is 13.2. The lowest BCUT2D eigenvalue weighted by Gasteiger charge is -2.39. The summed E-state index contributed by atoms with van der Waals surface area (Å²) >= 11 is 0. The molecule has 5 nitrogen and oxygen atoms in total. The Morgan fingerprint density at radius 3 is 2.76 bits per heavy atom. The average molecular weight is 406 g/mol. The lowest BCUT2D eigenvalue weighted by molar-refractivity contribution is 0.121. The molecule has 3 rings (SSSR count). The highest BCUT2D eigenvalue weighted by molar-refractivity contribution is 5.74. The van der Waals surface area contributed by atoms with Crippen LogP contribution in [0, 0.1) is 17.7 Å². The van der Waals surface area contributed by atoms with Crippen LogP contribution in [0.25, 0.3) is 0 Å². The molecule has 1 aliphatic carbocycles. The molecule has 29 heavy (non-hydrogen) atoms. The summed E-state index contributed by atoms with van der Waals surface area (Å²) in [6.07, 6.45) is 8.16. The number of urea groups is 1. The Morgan fingerprint density at radius 2 is 1.97 bits per heavy atom. The van der Waals surface area contributed by atoms with Crippen LogP contribution in [0.3, 0.4) is 0 Å². The summed E-state index contributed by atoms with van der Waals surface area (Å²) < 4.78 is 18.1. The van der Waals surface area contributed by atoms with Crippen molar-refractivity contribution < 1.29 is 13.9 Å². The molecule has 1 heterocycles. The van der Waals surface area contributed by atoms with Gasteiger partial charge in [-0.3, -0.25) is 0 Å². The van der Waals surface area contributed by atoms with Crippen molar-refractivity contribution in [3.05, 3.63) is 35.6 Å². The van der Waals surface area contributed by atoms with Crippen LogP contribution in [0.5, 0.6) is 0 Å². The largest absolute Gasteiger partial charge is 0.383 e. The summed E-state index contributed by atoms with van der Waals surface area (Å²) in [6.45, 7) is 4.37. The number of methoxy groups -OCH3 is 1. The van der Waals surface area contributed by atoms with Gasteiger partial charge in [0.1, 0.15) is 5.82 Å². The zero-order valence-electron chi connectivity index (χ0n) is 17.7. The Balaban J connectivity index is 1.48. The maximum absolute atomic E-state index is 13.2. The van der Waals surface area contributed by atoms with Gasteiger partial charge < -0.3 is 20.3 Å². The quantitative estimate of drug-likeness (QED) is 0.650. The van der Waals surface area contributed by atoms with Gasteiger partial charge in [0.15, 0.2) is 0 Å². The zero-order chi connectivity index (χ0) is 20.5. The monoisotopic (exact) mass is 405 g/mol. The highest BCUT2D eigenvalue weighted by atomic mass is 19.1. The van der Waals surface area contributed by atoms with Crippen LogP contribution in [0.4, 0.5) is 9.18 Å². The number of carbonyl (C=O) groups excluding carboxylic acids is 1. The van der Waals surface area contributed by atoms with Crippen molar-refractivity contribution in [1.82, 2.24) is 15.5 Å². The third-order valence-electron chi connectivity index (χ3n) is 6.35. The molecule has 0 radical (unpaired) electrons. The SMILES string of the molecule is COCCNC(=O)N[C@@H]1CCCC[C@H]1CN1CCC[C@@H](Cc2ccc(F)cc2)C1. The van der Waals surface area contributed by atoms with Gasteiger partial charge in [-0.05, 0) is 68.2 Å². The van der Waals surface area contributed by atoms with E-state index in [0.29, 0.717) is 25.0 Å². The van der Waals surface area contributed by atoms with Crippen LogP contribution in [-0.2, 0) is 11.2 Å². The van der Waals surface area contributed by atoms with Crippen molar-refractivity contribution in [2.45, 2.75) is 51.0 Å². The van der Waals surface area contributed by atoms with E-state index in [1.807, 2.05) is 12.1 Å². The van der Waals surface area contributed by atoms with E-state index >= 15 is 0 Å². The van der Waals surface area contributed by atoms with Crippen LogP contribution < -0.4 is 10.6 Å². The third-order valence-corrected chi connectivity index (χ3v) is 6.35. The van der Waals surface area contributed by atoms with Crippen LogP contribution in [0.2, 0.25) is 0 Å². The van der Waals surface area contributed by atoms with Crippen LogP contribution in [-0.4, -0.2) is 56.9 Å². The van der Waals surface area contributed by atoms with Gasteiger partial charge in [0.25, 0.3) is 0 Å². The fraction of sp³-hybridized carbons (Fsp3) is 0.696. The summed E-state index contributed by atoms with van der Waals surface area (Å²) in [5.74, 6) is 0.976. The summed E-state index contributed by atoms with van der Waals surface area (Å²) in [7, 11) is 1.64. The van der Waals surface area contributed by atoms with Crippen molar-refractivity contribution in [3.63, 3.8) is 0 Å². The third kappa shape index (κ3) is 7.27. The van der Waals surface area contributed by atoms with E-state index < -0.39 is 0 Å². The second-order valence-electron chi connectivity index (χ2n) is 8.64. The Kier molecular flexibility index (Phi) is 8.74. The molecule has 162 valence electrons. The minimum Gasteiger partial charge on any atom is -0.383 e. The first kappa shape index (κ1) is 22.0. The van der Waals surface area contributed by atoms with Gasteiger partial charge in [0, 0.05) is 32.8 Å². The van der Waals surface area contributed by atoms with E-state index in [4.69, 9.17) is 4.74 Å². The molecule has 2 N–H and O–H groups in total. The van der Waals surface area contributed by atoms with Gasteiger partial charge in [-0.15, -0.1) is 0 Å². The molecule has 1 saturated heterocycles. The Bertz CT molecular complexity index is 625. The van der Waals surface area contributed by atoms with E-state index in [9.17, 15) is 9.18 Å². The maximum Gasteiger partial charge on any atom is 0.315 e. The van der Waals surface area contributed by atoms with Crippen molar-refractivity contribution >= 4 is 6.03 Å². The summed E-state index contributed by atoms with van der Waals surface area (Å²) in [5, 5.41) is 6.08. The Labute approximate surface area is 174 Å². The van der Waals surface area contributed by atoms with E-state index in [2.05, 4.69) is 15.5 Å². The number of ether oxygens (including phenoxy) is 1. The highest BCUT2D eigenvalue weighted by Gasteiger charge is 2.30. The molecule has 1 aromatic rings. The average Bonchev–Trinajstić information content (AvgIpc) is 2.72. The van der Waals surface area contributed by atoms with E-state index in [0.717, 1.165) is 32.5 Å². The predicted octanol–water partition coefficient (Wildman–Crippen LogP) is 3.58. The summed E-state index contributed by atoms with van der Waals surface area (Å²) in [6, 6.07) is 7.13. The number of nitrogens with zero attached hydrogens (tertiary/aromatic N) is 1. The van der Waals surface area contributed by atoms with Crippen molar-refractivity contribution in [2.75, 3.05) is 39.9 Å². The number of carbonyl (C=O) groups is 1. The molecule has 2 aliphatic rings. The second-order valence-corrected chi connectivity index (χ2v) is 8.64. The van der Waals surface area contributed by atoms with Gasteiger partial charge in [-0.1, -0.05) is 25.0 Å². The number of nitrogens with one attached hydrogen (secondary N) is 2. The molecule has 1 aliphatic heterocycles. The van der Waals surface area contributed by atoms with Gasteiger partial charge in [-0.25, -0.2) is 9.18 Å². The number of benzene rings is 1. The molecule has 1 aromatic carbocycles. The van der Waals surface area contributed by atoms with Gasteiger partial charge in [-0.2, -0.15) is 0 Å². The second kappa shape index (κ2) is 11.5. The lowest BCUT2D eigenvalue weighted by atomic mass is 9.83. The fourth-order valence-corrected chi connectivity index (χ4v) is 4.87. The number of amides is 2. The normalized spacial score (nSPS) is 25.5. The zero-order valence-corrected chi connectivity index (χ0v) is 17.7. The molecule has 3 atom stereocenters. The minimum atomic E-state index is -0.166. The summed E-state index contributed by atoms with van der Waals surface area (Å²) in [5.41, 5.74) is 1.23. The minimum absolute atomic E-state index is 0.0771. The van der Waals surface area contributed by atoms with Crippen LogP contribution in [0.1, 0.15) is 44.1 Å². The number of hydrogen-bond acceptors (Lipinski definition) is 3. The molecule has 0 spiro atoms. The van der Waals surface area contributed by atoms with Crippen LogP contribution >= 0.6 is 0 Å². The van der Waals surface area contributed by atoms with Crippen molar-refractivity contribution in [3.8, 4) is 0 Å². The molecule has 0 aromatic heterocycles. The molecular weight excluding hydrogens is 369 g/mol. The smallest absolute Gasteiger partial charge is 0.315 e. The predicted molar refractivity (Wildman–Crippen MR) is 113 cm³/mol. The highest BCUT2D eigenvalue weighted by Crippen LogP contribution is 2.28.